The topological polar surface area (TPSA) is 52.9 Å². The van der Waals surface area contributed by atoms with Gasteiger partial charge in [0.25, 0.3) is 0 Å². The van der Waals surface area contributed by atoms with Crippen LogP contribution < -0.4 is 4.74 Å². The number of halogens is 1. The molecule has 1 saturated heterocycles. The van der Waals surface area contributed by atoms with E-state index in [4.69, 9.17) is 16.3 Å². The van der Waals surface area contributed by atoms with Gasteiger partial charge in [0, 0.05) is 36.6 Å². The molecule has 0 bridgehead atoms. The van der Waals surface area contributed by atoms with Crippen LogP contribution in [0.4, 0.5) is 0 Å². The van der Waals surface area contributed by atoms with Gasteiger partial charge < -0.3 is 19.8 Å². The molecule has 0 radical (unpaired) electrons. The molecule has 28 heavy (non-hydrogen) atoms. The van der Waals surface area contributed by atoms with Crippen molar-refractivity contribution in [3.05, 3.63) is 63.7 Å². The third-order valence-electron chi connectivity index (χ3n) is 6.20. The van der Waals surface area contributed by atoms with Crippen molar-refractivity contribution in [3.63, 3.8) is 0 Å². The van der Waals surface area contributed by atoms with Crippen molar-refractivity contribution >= 4 is 11.6 Å². The van der Waals surface area contributed by atoms with E-state index in [0.29, 0.717) is 18.0 Å². The lowest BCUT2D eigenvalue weighted by molar-refractivity contribution is -0.0588. The Hall–Kier alpha value is -1.59. The van der Waals surface area contributed by atoms with Crippen molar-refractivity contribution in [2.24, 2.45) is 0 Å². The average molecular weight is 402 g/mol. The zero-order valence-corrected chi connectivity index (χ0v) is 17.2. The molecule has 2 atom stereocenters. The highest BCUT2D eigenvalue weighted by molar-refractivity contribution is 6.31. The van der Waals surface area contributed by atoms with Crippen LogP contribution in [0.1, 0.15) is 53.7 Å². The summed E-state index contributed by atoms with van der Waals surface area (Å²) in [5.41, 5.74) is 3.57. The lowest BCUT2D eigenvalue weighted by Gasteiger charge is -2.46. The number of β-amino-alcohol motifs (C(OH)–C–C–N with tert-alkyl or cyclic N) is 1. The van der Waals surface area contributed by atoms with Crippen LogP contribution in [0.3, 0.4) is 0 Å². The predicted molar refractivity (Wildman–Crippen MR) is 111 cm³/mol. The molecule has 0 unspecified atom stereocenters. The number of piperidine rings is 1. The van der Waals surface area contributed by atoms with E-state index >= 15 is 0 Å². The molecule has 2 N–H and O–H groups in total. The minimum Gasteiger partial charge on any atom is -0.487 e. The third kappa shape index (κ3) is 3.92. The standard InChI is InChI=1S/C23H28ClNO3/c1-15-3-5-17(6-4-15)21(27)14-25-9-7-23(8-10-25)13-20(26)18-12-19(24)16(2)11-22(18)28-23/h3-6,11-12,20-21,26-27H,7-10,13-14H2,1-2H3/t20-,21+/m1/s1. The minimum absolute atomic E-state index is 0.335. The zero-order valence-electron chi connectivity index (χ0n) is 16.5. The number of rotatable bonds is 3. The first-order valence-corrected chi connectivity index (χ1v) is 10.4. The number of fused-ring (bicyclic) bond motifs is 1. The smallest absolute Gasteiger partial charge is 0.126 e. The fraction of sp³-hybridized carbons (Fsp3) is 0.478. The van der Waals surface area contributed by atoms with E-state index in [0.717, 1.165) is 48.4 Å². The molecule has 2 aliphatic heterocycles. The quantitative estimate of drug-likeness (QED) is 0.803. The van der Waals surface area contributed by atoms with Crippen LogP contribution in [0.2, 0.25) is 5.02 Å². The summed E-state index contributed by atoms with van der Waals surface area (Å²) < 4.78 is 6.41. The Bertz CT molecular complexity index is 844. The van der Waals surface area contributed by atoms with Crippen LogP contribution in [-0.2, 0) is 0 Å². The molecule has 0 aromatic heterocycles. The third-order valence-corrected chi connectivity index (χ3v) is 6.61. The summed E-state index contributed by atoms with van der Waals surface area (Å²) in [6.07, 6.45) is 1.23. The maximum atomic E-state index is 10.7. The van der Waals surface area contributed by atoms with Gasteiger partial charge in [-0.1, -0.05) is 41.4 Å². The molecule has 4 nitrogen and oxygen atoms in total. The summed E-state index contributed by atoms with van der Waals surface area (Å²) in [6.45, 7) is 6.31. The molecule has 2 aromatic rings. The second-order valence-electron chi connectivity index (χ2n) is 8.37. The summed E-state index contributed by atoms with van der Waals surface area (Å²) in [4.78, 5) is 2.29. The number of hydrogen-bond donors (Lipinski definition) is 2. The van der Waals surface area contributed by atoms with Gasteiger partial charge in [0.15, 0.2) is 0 Å². The Labute approximate surface area is 171 Å². The van der Waals surface area contributed by atoms with Crippen LogP contribution in [0, 0.1) is 13.8 Å². The molecular formula is C23H28ClNO3. The van der Waals surface area contributed by atoms with Gasteiger partial charge in [0.05, 0.1) is 12.2 Å². The van der Waals surface area contributed by atoms with Crippen LogP contribution >= 0.6 is 11.6 Å². The molecule has 1 fully saturated rings. The maximum absolute atomic E-state index is 10.7. The summed E-state index contributed by atoms with van der Waals surface area (Å²) in [7, 11) is 0. The van der Waals surface area contributed by atoms with E-state index < -0.39 is 12.2 Å². The van der Waals surface area contributed by atoms with Gasteiger partial charge in [0.2, 0.25) is 0 Å². The largest absolute Gasteiger partial charge is 0.487 e. The molecule has 150 valence electrons. The fourth-order valence-corrected chi connectivity index (χ4v) is 4.52. The first-order valence-electron chi connectivity index (χ1n) is 9.99. The number of hydrogen-bond acceptors (Lipinski definition) is 4. The molecule has 2 aromatic carbocycles. The molecule has 4 rings (SSSR count). The Morgan fingerprint density at radius 3 is 2.54 bits per heavy atom. The molecule has 0 saturated carbocycles. The number of aryl methyl sites for hydroxylation is 2. The van der Waals surface area contributed by atoms with Gasteiger partial charge in [-0.2, -0.15) is 0 Å². The number of benzene rings is 2. The molecule has 2 heterocycles. The molecule has 1 spiro atoms. The van der Waals surface area contributed by atoms with Gasteiger partial charge in [-0.25, -0.2) is 0 Å². The Morgan fingerprint density at radius 2 is 1.86 bits per heavy atom. The van der Waals surface area contributed by atoms with Crippen LogP contribution in [-0.4, -0.2) is 40.3 Å². The summed E-state index contributed by atoms with van der Waals surface area (Å²) in [6, 6.07) is 11.8. The van der Waals surface area contributed by atoms with Gasteiger partial charge in [-0.05, 0) is 49.9 Å². The predicted octanol–water partition coefficient (Wildman–Crippen LogP) is 4.34. The second kappa shape index (κ2) is 7.68. The lowest BCUT2D eigenvalue weighted by atomic mass is 9.81. The van der Waals surface area contributed by atoms with E-state index in [1.54, 1.807) is 0 Å². The van der Waals surface area contributed by atoms with Gasteiger partial charge in [-0.3, -0.25) is 0 Å². The molecule has 0 amide bonds. The minimum atomic E-state index is -0.549. The van der Waals surface area contributed by atoms with Crippen LogP contribution in [0.5, 0.6) is 5.75 Å². The zero-order chi connectivity index (χ0) is 19.9. The summed E-state index contributed by atoms with van der Waals surface area (Å²) in [5, 5.41) is 21.9. The Balaban J connectivity index is 1.41. The van der Waals surface area contributed by atoms with Crippen molar-refractivity contribution in [1.82, 2.24) is 4.90 Å². The van der Waals surface area contributed by atoms with Gasteiger partial charge >= 0.3 is 0 Å². The molecule has 2 aliphatic rings. The highest BCUT2D eigenvalue weighted by Gasteiger charge is 2.43. The number of nitrogens with zero attached hydrogens (tertiary/aromatic N) is 1. The van der Waals surface area contributed by atoms with Crippen LogP contribution in [0.15, 0.2) is 36.4 Å². The molecular weight excluding hydrogens is 374 g/mol. The van der Waals surface area contributed by atoms with E-state index in [1.807, 2.05) is 50.2 Å². The second-order valence-corrected chi connectivity index (χ2v) is 8.78. The van der Waals surface area contributed by atoms with Crippen molar-refractivity contribution < 1.29 is 14.9 Å². The summed E-state index contributed by atoms with van der Waals surface area (Å²) >= 11 is 6.22. The maximum Gasteiger partial charge on any atom is 0.126 e. The molecule has 5 heteroatoms. The van der Waals surface area contributed by atoms with E-state index in [1.165, 1.54) is 5.56 Å². The van der Waals surface area contributed by atoms with Crippen LogP contribution in [0.25, 0.3) is 0 Å². The lowest BCUT2D eigenvalue weighted by Crippen LogP contribution is -2.51. The van der Waals surface area contributed by atoms with Crippen molar-refractivity contribution in [2.75, 3.05) is 19.6 Å². The first kappa shape index (κ1) is 19.7. The monoisotopic (exact) mass is 401 g/mol. The number of aliphatic hydroxyl groups excluding tert-OH is 2. The van der Waals surface area contributed by atoms with E-state index in [9.17, 15) is 10.2 Å². The number of aliphatic hydroxyl groups is 2. The van der Waals surface area contributed by atoms with E-state index in [2.05, 4.69) is 4.90 Å². The highest BCUT2D eigenvalue weighted by atomic mass is 35.5. The number of ether oxygens (including phenoxy) is 1. The van der Waals surface area contributed by atoms with Crippen molar-refractivity contribution in [2.45, 2.75) is 50.9 Å². The number of likely N-dealkylation sites (tertiary alicyclic amines) is 1. The van der Waals surface area contributed by atoms with Crippen molar-refractivity contribution in [3.8, 4) is 5.75 Å². The normalized spacial score (nSPS) is 22.5. The van der Waals surface area contributed by atoms with E-state index in [-0.39, 0.29) is 5.60 Å². The van der Waals surface area contributed by atoms with Crippen molar-refractivity contribution in [1.29, 1.82) is 0 Å². The van der Waals surface area contributed by atoms with Gasteiger partial charge in [-0.15, -0.1) is 0 Å². The highest BCUT2D eigenvalue weighted by Crippen LogP contribution is 2.45. The Morgan fingerprint density at radius 1 is 1.18 bits per heavy atom. The SMILES string of the molecule is Cc1ccc([C@@H](O)CN2CCC3(CC2)C[C@@H](O)c2cc(Cl)c(C)cc2O3)cc1. The fourth-order valence-electron chi connectivity index (χ4n) is 4.34. The Kier molecular flexibility index (Phi) is 5.41. The summed E-state index contributed by atoms with van der Waals surface area (Å²) in [5.74, 6) is 0.758. The molecule has 0 aliphatic carbocycles. The van der Waals surface area contributed by atoms with Gasteiger partial charge in [0.1, 0.15) is 11.4 Å². The average Bonchev–Trinajstić information content (AvgIpc) is 2.66. The first-order chi connectivity index (χ1) is 13.3.